The van der Waals surface area contributed by atoms with Crippen LogP contribution in [-0.2, 0) is 19.6 Å². The number of aryl methyl sites for hydroxylation is 1. The summed E-state index contributed by atoms with van der Waals surface area (Å²) in [4.78, 5) is 13.6. The van der Waals surface area contributed by atoms with E-state index < -0.39 is 0 Å². The average Bonchev–Trinajstić information content (AvgIpc) is 2.61. The van der Waals surface area contributed by atoms with Crippen molar-refractivity contribution in [1.82, 2.24) is 4.90 Å². The second kappa shape index (κ2) is 4.94. The van der Waals surface area contributed by atoms with Gasteiger partial charge in [-0.2, -0.15) is 0 Å². The number of hydrogen-bond acceptors (Lipinski definition) is 2. The van der Waals surface area contributed by atoms with Crippen LogP contribution in [0.5, 0.6) is 0 Å². The van der Waals surface area contributed by atoms with Gasteiger partial charge in [0.25, 0.3) is 5.91 Å². The van der Waals surface area contributed by atoms with E-state index >= 15 is 0 Å². The van der Waals surface area contributed by atoms with Crippen LogP contribution in [0.2, 0.25) is 0 Å². The normalized spacial score (nSPS) is 13.9. The molecule has 1 aliphatic rings. The van der Waals surface area contributed by atoms with Gasteiger partial charge in [-0.1, -0.05) is 11.6 Å². The average molecular weight is 245 g/mol. The molecular formula is C15H19NO2. The molecule has 1 aromatic carbocycles. The molecule has 0 fully saturated rings. The highest BCUT2D eigenvalue weighted by Gasteiger charge is 2.25. The molecule has 0 saturated carbocycles. The SMILES string of the molecule is C=C(C)CCc1cc2c(cc1CO)CN(C)C2=O. The van der Waals surface area contributed by atoms with Gasteiger partial charge in [0.05, 0.1) is 6.61 Å². The van der Waals surface area contributed by atoms with Crippen molar-refractivity contribution in [1.29, 1.82) is 0 Å². The summed E-state index contributed by atoms with van der Waals surface area (Å²) in [5.41, 5.74) is 4.90. The van der Waals surface area contributed by atoms with Crippen LogP contribution in [0.25, 0.3) is 0 Å². The molecule has 1 heterocycles. The Morgan fingerprint density at radius 3 is 2.78 bits per heavy atom. The molecule has 3 heteroatoms. The van der Waals surface area contributed by atoms with E-state index in [0.29, 0.717) is 6.54 Å². The van der Waals surface area contributed by atoms with E-state index in [-0.39, 0.29) is 12.5 Å². The van der Waals surface area contributed by atoms with E-state index in [9.17, 15) is 9.90 Å². The van der Waals surface area contributed by atoms with Crippen LogP contribution in [-0.4, -0.2) is 23.0 Å². The highest BCUT2D eigenvalue weighted by Crippen LogP contribution is 2.26. The van der Waals surface area contributed by atoms with E-state index in [1.165, 1.54) is 0 Å². The standard InChI is InChI=1S/C15H19NO2/c1-10(2)4-5-11-7-14-12(6-13(11)9-17)8-16(3)15(14)18/h6-7,17H,1,4-5,8-9H2,2-3H3. The Bertz CT molecular complexity index is 505. The van der Waals surface area contributed by atoms with Crippen LogP contribution in [0.3, 0.4) is 0 Å². The molecule has 96 valence electrons. The van der Waals surface area contributed by atoms with Crippen LogP contribution < -0.4 is 0 Å². The van der Waals surface area contributed by atoms with Crippen LogP contribution in [0.4, 0.5) is 0 Å². The summed E-state index contributed by atoms with van der Waals surface area (Å²) >= 11 is 0. The van der Waals surface area contributed by atoms with Gasteiger partial charge >= 0.3 is 0 Å². The molecule has 0 spiro atoms. The van der Waals surface area contributed by atoms with Gasteiger partial charge in [-0.25, -0.2) is 0 Å². The predicted molar refractivity (Wildman–Crippen MR) is 71.3 cm³/mol. The molecule has 1 aliphatic heterocycles. The first-order valence-electron chi connectivity index (χ1n) is 6.18. The molecule has 1 N–H and O–H groups in total. The highest BCUT2D eigenvalue weighted by molar-refractivity contribution is 5.98. The Balaban J connectivity index is 2.35. The number of benzene rings is 1. The fraction of sp³-hybridized carbons (Fsp3) is 0.400. The highest BCUT2D eigenvalue weighted by atomic mass is 16.3. The van der Waals surface area contributed by atoms with Crippen LogP contribution in [0.15, 0.2) is 24.3 Å². The first-order valence-corrected chi connectivity index (χ1v) is 6.18. The van der Waals surface area contributed by atoms with Gasteiger partial charge in [0, 0.05) is 19.2 Å². The minimum atomic E-state index is 0.0245. The number of aliphatic hydroxyl groups excluding tert-OH is 1. The molecule has 3 nitrogen and oxygen atoms in total. The number of carbonyl (C=O) groups is 1. The van der Waals surface area contributed by atoms with Gasteiger partial charge in [-0.05, 0) is 42.5 Å². The van der Waals surface area contributed by atoms with Crippen molar-refractivity contribution in [3.63, 3.8) is 0 Å². The summed E-state index contributed by atoms with van der Waals surface area (Å²) in [7, 11) is 1.80. The lowest BCUT2D eigenvalue weighted by Crippen LogP contribution is -2.17. The fourth-order valence-corrected chi connectivity index (χ4v) is 2.33. The van der Waals surface area contributed by atoms with E-state index in [2.05, 4.69) is 6.58 Å². The molecule has 0 bridgehead atoms. The van der Waals surface area contributed by atoms with Gasteiger partial charge in [0.15, 0.2) is 0 Å². The second-order valence-corrected chi connectivity index (χ2v) is 5.05. The summed E-state index contributed by atoms with van der Waals surface area (Å²) in [6.45, 7) is 6.54. The van der Waals surface area contributed by atoms with Gasteiger partial charge in [-0.3, -0.25) is 4.79 Å². The zero-order valence-electron chi connectivity index (χ0n) is 11.0. The number of hydrogen-bond donors (Lipinski definition) is 1. The number of aliphatic hydroxyl groups is 1. The van der Waals surface area contributed by atoms with Crippen LogP contribution >= 0.6 is 0 Å². The van der Waals surface area contributed by atoms with E-state index in [1.807, 2.05) is 19.1 Å². The van der Waals surface area contributed by atoms with Gasteiger partial charge < -0.3 is 10.0 Å². The van der Waals surface area contributed by atoms with E-state index in [1.54, 1.807) is 11.9 Å². The largest absolute Gasteiger partial charge is 0.392 e. The Kier molecular flexibility index (Phi) is 3.53. The molecule has 0 aromatic heterocycles. The van der Waals surface area contributed by atoms with Crippen LogP contribution in [0.1, 0.15) is 40.4 Å². The smallest absolute Gasteiger partial charge is 0.254 e. The van der Waals surface area contributed by atoms with Crippen LogP contribution in [0, 0.1) is 0 Å². The molecule has 1 aromatic rings. The molecule has 0 unspecified atom stereocenters. The molecule has 0 radical (unpaired) electrons. The van der Waals surface area contributed by atoms with Gasteiger partial charge in [-0.15, -0.1) is 6.58 Å². The fourth-order valence-electron chi connectivity index (χ4n) is 2.33. The maximum Gasteiger partial charge on any atom is 0.254 e. The summed E-state index contributed by atoms with van der Waals surface area (Å²) in [5, 5.41) is 9.43. The first-order chi connectivity index (χ1) is 8.52. The lowest BCUT2D eigenvalue weighted by atomic mass is 9.96. The monoisotopic (exact) mass is 245 g/mol. The molecule has 0 atom stereocenters. The number of carbonyl (C=O) groups excluding carboxylic acids is 1. The van der Waals surface area contributed by atoms with Crippen molar-refractivity contribution in [2.45, 2.75) is 32.9 Å². The van der Waals surface area contributed by atoms with Crippen molar-refractivity contribution in [3.05, 3.63) is 46.5 Å². The number of amides is 1. The summed E-state index contributed by atoms with van der Waals surface area (Å²) in [6.07, 6.45) is 1.71. The van der Waals surface area contributed by atoms with E-state index in [0.717, 1.165) is 40.7 Å². The van der Waals surface area contributed by atoms with E-state index in [4.69, 9.17) is 0 Å². The van der Waals surface area contributed by atoms with Crippen molar-refractivity contribution in [2.75, 3.05) is 7.05 Å². The number of allylic oxidation sites excluding steroid dienone is 1. The zero-order valence-corrected chi connectivity index (χ0v) is 11.0. The Labute approximate surface area is 108 Å². The summed E-state index contributed by atoms with van der Waals surface area (Å²) < 4.78 is 0. The number of rotatable bonds is 4. The quantitative estimate of drug-likeness (QED) is 0.827. The lowest BCUT2D eigenvalue weighted by molar-refractivity contribution is 0.0816. The molecule has 0 saturated heterocycles. The molecular weight excluding hydrogens is 226 g/mol. The van der Waals surface area contributed by atoms with Crippen molar-refractivity contribution in [2.24, 2.45) is 0 Å². The molecule has 0 aliphatic carbocycles. The Hall–Kier alpha value is -1.61. The van der Waals surface area contributed by atoms with Crippen molar-refractivity contribution >= 4 is 5.91 Å². The third-order valence-electron chi connectivity index (χ3n) is 3.40. The number of nitrogens with zero attached hydrogens (tertiary/aromatic N) is 1. The van der Waals surface area contributed by atoms with Crippen molar-refractivity contribution in [3.8, 4) is 0 Å². The Morgan fingerprint density at radius 1 is 1.44 bits per heavy atom. The third-order valence-corrected chi connectivity index (χ3v) is 3.40. The minimum absolute atomic E-state index is 0.0245. The topological polar surface area (TPSA) is 40.5 Å². The minimum Gasteiger partial charge on any atom is -0.392 e. The molecule has 18 heavy (non-hydrogen) atoms. The molecule has 1 amide bonds. The first kappa shape index (κ1) is 12.8. The Morgan fingerprint density at radius 2 is 2.17 bits per heavy atom. The lowest BCUT2D eigenvalue weighted by Gasteiger charge is -2.09. The zero-order chi connectivity index (χ0) is 13.3. The maximum absolute atomic E-state index is 11.9. The second-order valence-electron chi connectivity index (χ2n) is 5.05. The van der Waals surface area contributed by atoms with Crippen molar-refractivity contribution < 1.29 is 9.90 Å². The number of fused-ring (bicyclic) bond motifs is 1. The van der Waals surface area contributed by atoms with Gasteiger partial charge in [0.1, 0.15) is 0 Å². The predicted octanol–water partition coefficient (Wildman–Crippen LogP) is 2.27. The summed E-state index contributed by atoms with van der Waals surface area (Å²) in [6, 6.07) is 3.90. The summed E-state index contributed by atoms with van der Waals surface area (Å²) in [5.74, 6) is 0.0751. The van der Waals surface area contributed by atoms with Gasteiger partial charge in [0.2, 0.25) is 0 Å². The maximum atomic E-state index is 11.9. The molecule has 2 rings (SSSR count). The third kappa shape index (κ3) is 2.31.